The molecule has 4 N–H and O–H groups in total. The van der Waals surface area contributed by atoms with Crippen LogP contribution in [0.15, 0.2) is 18.2 Å². The monoisotopic (exact) mass is 597 g/mol. The summed E-state index contributed by atoms with van der Waals surface area (Å²) in [5, 5.41) is 11.1. The van der Waals surface area contributed by atoms with Gasteiger partial charge in [-0.15, -0.1) is 0 Å². The van der Waals surface area contributed by atoms with Crippen LogP contribution in [0.25, 0.3) is 0 Å². The Hall–Kier alpha value is -2.35. The Morgan fingerprint density at radius 2 is 1.76 bits per heavy atom. The van der Waals surface area contributed by atoms with E-state index < -0.39 is 5.25 Å². The van der Waals surface area contributed by atoms with Gasteiger partial charge in [0.2, 0.25) is 23.8 Å². The predicted molar refractivity (Wildman–Crippen MR) is 142 cm³/mol. The molecule has 10 nitrogen and oxygen atoms in total. The fraction of sp³-hybridized carbons (Fsp3) is 0.500. The van der Waals surface area contributed by atoms with Crippen molar-refractivity contribution in [1.29, 1.82) is 0 Å². The third kappa shape index (κ3) is 6.62. The number of anilines is 4. The molecule has 0 radical (unpaired) electrons. The number of hydrogen-bond acceptors (Lipinski definition) is 10. The SMILES string of the molecule is COc1ccc(Nc2nc(NCC3CCCCC3)nc(NCC3SC(=O)NC3=O)n2)cc1CI. The minimum Gasteiger partial charge on any atom is -0.496 e. The van der Waals surface area contributed by atoms with Crippen molar-refractivity contribution in [2.24, 2.45) is 5.92 Å². The lowest BCUT2D eigenvalue weighted by molar-refractivity contribution is -0.118. The van der Waals surface area contributed by atoms with E-state index in [-0.39, 0.29) is 17.7 Å². The highest BCUT2D eigenvalue weighted by molar-refractivity contribution is 14.1. The number of benzene rings is 1. The van der Waals surface area contributed by atoms with E-state index in [1.54, 1.807) is 7.11 Å². The van der Waals surface area contributed by atoms with Crippen LogP contribution in [0.2, 0.25) is 0 Å². The Labute approximate surface area is 216 Å². The Morgan fingerprint density at radius 1 is 1.06 bits per heavy atom. The number of carbonyl (C=O) groups is 2. The van der Waals surface area contributed by atoms with Gasteiger partial charge < -0.3 is 20.7 Å². The first-order chi connectivity index (χ1) is 16.5. The molecule has 1 saturated carbocycles. The second kappa shape index (κ2) is 11.9. The number of imide groups is 1. The van der Waals surface area contributed by atoms with Crippen LogP contribution < -0.4 is 26.0 Å². The number of aromatic nitrogens is 3. The molecule has 4 rings (SSSR count). The number of thioether (sulfide) groups is 1. The Kier molecular flexibility index (Phi) is 8.64. The van der Waals surface area contributed by atoms with E-state index in [0.717, 1.165) is 39.7 Å². The maximum atomic E-state index is 11.9. The van der Waals surface area contributed by atoms with Crippen LogP contribution >= 0.6 is 34.4 Å². The molecular weight excluding hydrogens is 569 g/mol. The summed E-state index contributed by atoms with van der Waals surface area (Å²) in [5.41, 5.74) is 1.89. The summed E-state index contributed by atoms with van der Waals surface area (Å²) >= 11 is 3.26. The van der Waals surface area contributed by atoms with Crippen LogP contribution in [0, 0.1) is 5.92 Å². The molecular formula is C22H28IN7O3S. The number of methoxy groups -OCH3 is 1. The van der Waals surface area contributed by atoms with Gasteiger partial charge in [0.05, 0.1) is 7.11 Å². The van der Waals surface area contributed by atoms with Gasteiger partial charge in [-0.25, -0.2) is 0 Å². The summed E-state index contributed by atoms with van der Waals surface area (Å²) in [6.07, 6.45) is 6.25. The third-order valence-electron chi connectivity index (χ3n) is 5.80. The largest absolute Gasteiger partial charge is 0.496 e. The molecule has 1 unspecified atom stereocenters. The van der Waals surface area contributed by atoms with Gasteiger partial charge >= 0.3 is 0 Å². The number of amides is 2. The Balaban J connectivity index is 1.50. The van der Waals surface area contributed by atoms with E-state index in [4.69, 9.17) is 4.74 Å². The zero-order valence-electron chi connectivity index (χ0n) is 18.9. The number of hydrogen-bond donors (Lipinski definition) is 4. The Bertz CT molecular complexity index is 1040. The highest BCUT2D eigenvalue weighted by Crippen LogP contribution is 2.27. The van der Waals surface area contributed by atoms with Crippen molar-refractivity contribution in [1.82, 2.24) is 20.3 Å². The van der Waals surface area contributed by atoms with Crippen LogP contribution in [0.5, 0.6) is 5.75 Å². The second-order valence-corrected chi connectivity index (χ2v) is 10.2. The van der Waals surface area contributed by atoms with Crippen LogP contribution in [0.1, 0.15) is 37.7 Å². The first kappa shape index (κ1) is 24.8. The maximum Gasteiger partial charge on any atom is 0.286 e. The van der Waals surface area contributed by atoms with Gasteiger partial charge in [-0.05, 0) is 48.7 Å². The fourth-order valence-corrected chi connectivity index (χ4v) is 5.36. The van der Waals surface area contributed by atoms with Crippen molar-refractivity contribution in [2.75, 3.05) is 36.1 Å². The van der Waals surface area contributed by atoms with Crippen LogP contribution in [0.4, 0.5) is 28.3 Å². The average molecular weight is 597 g/mol. The molecule has 2 aromatic rings. The number of nitrogens with one attached hydrogen (secondary N) is 4. The number of nitrogens with zero attached hydrogens (tertiary/aromatic N) is 3. The number of rotatable bonds is 10. The van der Waals surface area contributed by atoms with Crippen molar-refractivity contribution < 1.29 is 14.3 Å². The minimum absolute atomic E-state index is 0.231. The molecule has 2 fully saturated rings. The van der Waals surface area contributed by atoms with E-state index >= 15 is 0 Å². The van der Waals surface area contributed by atoms with Crippen LogP contribution in [0.3, 0.4) is 0 Å². The first-order valence-electron chi connectivity index (χ1n) is 11.3. The predicted octanol–water partition coefficient (Wildman–Crippen LogP) is 4.31. The zero-order chi connectivity index (χ0) is 23.9. The summed E-state index contributed by atoms with van der Waals surface area (Å²) in [5.74, 6) is 2.31. The molecule has 1 aromatic carbocycles. The molecule has 1 saturated heterocycles. The lowest BCUT2D eigenvalue weighted by atomic mass is 9.89. The molecule has 2 amide bonds. The van der Waals surface area contributed by atoms with Gasteiger partial charge in [0, 0.05) is 28.8 Å². The van der Waals surface area contributed by atoms with E-state index in [0.29, 0.717) is 23.8 Å². The van der Waals surface area contributed by atoms with E-state index in [9.17, 15) is 9.59 Å². The lowest BCUT2D eigenvalue weighted by Gasteiger charge is -2.22. The summed E-state index contributed by atoms with van der Waals surface area (Å²) in [6, 6.07) is 5.82. The summed E-state index contributed by atoms with van der Waals surface area (Å²) < 4.78 is 6.21. The van der Waals surface area contributed by atoms with Gasteiger partial charge in [-0.1, -0.05) is 41.9 Å². The van der Waals surface area contributed by atoms with Crippen LogP contribution in [-0.2, 0) is 9.22 Å². The summed E-state index contributed by atoms with van der Waals surface area (Å²) in [7, 11) is 1.66. The van der Waals surface area contributed by atoms with Crippen molar-refractivity contribution in [3.63, 3.8) is 0 Å². The molecule has 2 heterocycles. The van der Waals surface area contributed by atoms with E-state index in [1.807, 2.05) is 18.2 Å². The first-order valence-corrected chi connectivity index (χ1v) is 13.7. The minimum atomic E-state index is -0.521. The lowest BCUT2D eigenvalue weighted by Crippen LogP contribution is -2.29. The highest BCUT2D eigenvalue weighted by atomic mass is 127. The van der Waals surface area contributed by atoms with Gasteiger partial charge in [0.1, 0.15) is 11.0 Å². The molecule has 34 heavy (non-hydrogen) atoms. The molecule has 2 aliphatic rings. The molecule has 0 spiro atoms. The zero-order valence-corrected chi connectivity index (χ0v) is 21.9. The number of ether oxygens (including phenoxy) is 1. The smallest absolute Gasteiger partial charge is 0.286 e. The van der Waals surface area contributed by atoms with Crippen molar-refractivity contribution in [3.8, 4) is 5.75 Å². The number of alkyl halides is 1. The quantitative estimate of drug-likeness (QED) is 0.232. The van der Waals surface area contributed by atoms with Crippen molar-refractivity contribution in [3.05, 3.63) is 23.8 Å². The molecule has 1 aromatic heterocycles. The number of carbonyl (C=O) groups excluding carboxylic acids is 2. The average Bonchev–Trinajstić information content (AvgIpc) is 3.18. The van der Waals surface area contributed by atoms with Crippen molar-refractivity contribution in [2.45, 2.75) is 41.8 Å². The van der Waals surface area contributed by atoms with Gasteiger partial charge in [0.25, 0.3) is 5.24 Å². The summed E-state index contributed by atoms with van der Waals surface area (Å²) in [4.78, 5) is 36.9. The molecule has 182 valence electrons. The van der Waals surface area contributed by atoms with Gasteiger partial charge in [0.15, 0.2) is 0 Å². The highest BCUT2D eigenvalue weighted by Gasteiger charge is 2.31. The topological polar surface area (TPSA) is 130 Å². The normalized spacial score (nSPS) is 18.5. The molecule has 0 bridgehead atoms. The van der Waals surface area contributed by atoms with E-state index in [1.165, 1.54) is 32.1 Å². The fourth-order valence-electron chi connectivity index (χ4n) is 4.02. The summed E-state index contributed by atoms with van der Waals surface area (Å²) in [6.45, 7) is 1.04. The third-order valence-corrected chi connectivity index (χ3v) is 7.61. The van der Waals surface area contributed by atoms with Crippen LogP contribution in [-0.4, -0.2) is 51.5 Å². The molecule has 12 heteroatoms. The van der Waals surface area contributed by atoms with E-state index in [2.05, 4.69) is 58.8 Å². The van der Waals surface area contributed by atoms with Gasteiger partial charge in [-0.2, -0.15) is 15.0 Å². The second-order valence-electron chi connectivity index (χ2n) is 8.24. The maximum absolute atomic E-state index is 11.9. The van der Waals surface area contributed by atoms with Crippen molar-refractivity contribution >= 4 is 69.0 Å². The molecule has 1 atom stereocenters. The standard InChI is InChI=1S/C22H28IN7O3S/c1-33-16-8-7-15(9-14(16)10-23)26-21-29-19(24-11-13-5-3-2-4-6-13)28-20(30-21)25-12-17-18(31)27-22(32)34-17/h7-9,13,17H,2-6,10-12H2,1H3,(H,27,31,32)(H3,24,25,26,28,29,30). The number of halogens is 1. The molecule has 1 aliphatic heterocycles. The Morgan fingerprint density at radius 3 is 2.41 bits per heavy atom. The van der Waals surface area contributed by atoms with Gasteiger partial charge in [-0.3, -0.25) is 14.9 Å². The molecule has 1 aliphatic carbocycles.